The van der Waals surface area contributed by atoms with Gasteiger partial charge in [-0.3, -0.25) is 4.79 Å². The van der Waals surface area contributed by atoms with Crippen molar-refractivity contribution < 1.29 is 5.11 Å². The van der Waals surface area contributed by atoms with Gasteiger partial charge >= 0.3 is 0 Å². The molecule has 2 aliphatic heterocycles. The molecule has 1 aliphatic carbocycles. The van der Waals surface area contributed by atoms with E-state index in [9.17, 15) is 9.90 Å². The van der Waals surface area contributed by atoms with Gasteiger partial charge < -0.3 is 15.3 Å². The molecule has 2 unspecified atom stereocenters. The van der Waals surface area contributed by atoms with Gasteiger partial charge in [0, 0.05) is 30.2 Å². The molecule has 0 spiro atoms. The molecule has 1 aromatic carbocycles. The number of fused-ring (bicyclic) bond motifs is 2. The van der Waals surface area contributed by atoms with Crippen LogP contribution in [0.4, 0.5) is 11.6 Å². The van der Waals surface area contributed by atoms with Crippen LogP contribution in [0.15, 0.2) is 47.9 Å². The number of allylic oxidation sites excluding steroid dienone is 1. The number of rotatable bonds is 6. The van der Waals surface area contributed by atoms with Gasteiger partial charge in [0.2, 0.25) is 5.95 Å². The van der Waals surface area contributed by atoms with Gasteiger partial charge in [-0.1, -0.05) is 19.1 Å². The number of nitrogens with one attached hydrogen (secondary N) is 1. The summed E-state index contributed by atoms with van der Waals surface area (Å²) in [6, 6.07) is 8.38. The molecule has 212 valence electrons. The quantitative estimate of drug-likeness (QED) is 0.325. The fraction of sp³-hybridized carbons (Fsp3) is 0.419. The topological polar surface area (TPSA) is 101 Å². The second-order valence-corrected chi connectivity index (χ2v) is 12.8. The van der Waals surface area contributed by atoms with Gasteiger partial charge in [0.25, 0.3) is 5.56 Å². The fourth-order valence-electron chi connectivity index (χ4n) is 6.70. The second-order valence-electron chi connectivity index (χ2n) is 11.5. The van der Waals surface area contributed by atoms with Crippen molar-refractivity contribution in [2.24, 2.45) is 0 Å². The van der Waals surface area contributed by atoms with Gasteiger partial charge in [-0.15, -0.1) is 6.58 Å². The normalized spacial score (nSPS) is 21.9. The number of pyridine rings is 1. The molecule has 0 saturated carbocycles. The maximum atomic E-state index is 13.5. The van der Waals surface area contributed by atoms with Gasteiger partial charge in [0.1, 0.15) is 11.0 Å². The number of benzene rings is 1. The molecule has 5 heterocycles. The molecule has 3 aromatic heterocycles. The van der Waals surface area contributed by atoms with E-state index in [1.54, 1.807) is 21.6 Å². The first-order valence-corrected chi connectivity index (χ1v) is 15.5. The maximum absolute atomic E-state index is 13.5. The predicted molar refractivity (Wildman–Crippen MR) is 163 cm³/mol. The van der Waals surface area contributed by atoms with Crippen LogP contribution in [0, 0.1) is 0 Å². The Morgan fingerprint density at radius 2 is 2.07 bits per heavy atom. The first-order valence-electron chi connectivity index (χ1n) is 14.4. The summed E-state index contributed by atoms with van der Waals surface area (Å²) >= 11 is 2.07. The number of aryl methyl sites for hydroxylation is 2. The molecule has 2 N–H and O–H groups in total. The number of aliphatic hydroxyl groups is 1. The Morgan fingerprint density at radius 1 is 1.22 bits per heavy atom. The Balaban J connectivity index is 1.33. The van der Waals surface area contributed by atoms with Crippen LogP contribution in [0.5, 0.6) is 0 Å². The SMILES string of the molecule is C=CCn1c(=O)c2cnc(Nc3cc4c5c(c3)CN(C)CC5SCCC4)nc2n1-c1ccc2c(n1)C(O)(CC)CC2. The van der Waals surface area contributed by atoms with Crippen LogP contribution in [0.1, 0.15) is 59.4 Å². The number of hydrogen-bond donors (Lipinski definition) is 2. The van der Waals surface area contributed by atoms with E-state index in [0.29, 0.717) is 46.6 Å². The molecular weight excluding hydrogens is 534 g/mol. The maximum Gasteiger partial charge on any atom is 0.278 e. The Labute approximate surface area is 243 Å². The zero-order valence-corrected chi connectivity index (χ0v) is 24.4. The summed E-state index contributed by atoms with van der Waals surface area (Å²) in [6.45, 7) is 8.13. The van der Waals surface area contributed by atoms with Crippen LogP contribution in [0.3, 0.4) is 0 Å². The Bertz CT molecular complexity index is 1740. The Morgan fingerprint density at radius 3 is 2.90 bits per heavy atom. The van der Waals surface area contributed by atoms with Crippen LogP contribution in [0.2, 0.25) is 0 Å². The standard InChI is InChI=1S/C31H35N7O2S/c1-4-12-37-29(39)23-16-32-30(33-22-14-20-7-6-13-41-24-18-36(3)17-21(15-22)26(20)24)35-28(23)38(37)25-9-8-19-10-11-31(40,5-2)27(19)34-25/h4,8-9,14-16,24,40H,1,5-7,10-13,17-18H2,2-3H3,(H,32,33,35). The van der Waals surface area contributed by atoms with Crippen molar-refractivity contribution in [1.82, 2.24) is 29.2 Å². The van der Waals surface area contributed by atoms with Gasteiger partial charge in [-0.2, -0.15) is 16.7 Å². The smallest absolute Gasteiger partial charge is 0.278 e. The summed E-state index contributed by atoms with van der Waals surface area (Å²) in [5.41, 5.74) is 6.27. The highest BCUT2D eigenvalue weighted by Gasteiger charge is 2.37. The number of aromatic nitrogens is 5. The van der Waals surface area contributed by atoms with E-state index in [0.717, 1.165) is 37.2 Å². The van der Waals surface area contributed by atoms with Crippen LogP contribution in [-0.4, -0.2) is 53.7 Å². The van der Waals surface area contributed by atoms with Crippen molar-refractivity contribution in [3.8, 4) is 5.82 Å². The zero-order chi connectivity index (χ0) is 28.3. The minimum atomic E-state index is -0.962. The Kier molecular flexibility index (Phi) is 6.52. The van der Waals surface area contributed by atoms with Crippen LogP contribution in [-0.2, 0) is 31.5 Å². The lowest BCUT2D eigenvalue weighted by molar-refractivity contribution is 0.0306. The molecule has 2 atom stereocenters. The molecule has 41 heavy (non-hydrogen) atoms. The number of anilines is 2. The van der Waals surface area contributed by atoms with Crippen molar-refractivity contribution in [2.75, 3.05) is 24.7 Å². The molecule has 0 amide bonds. The summed E-state index contributed by atoms with van der Waals surface area (Å²) in [7, 11) is 2.19. The first kappa shape index (κ1) is 26.4. The highest BCUT2D eigenvalue weighted by atomic mass is 32.2. The highest BCUT2D eigenvalue weighted by molar-refractivity contribution is 7.99. The van der Waals surface area contributed by atoms with E-state index in [2.05, 4.69) is 52.7 Å². The molecule has 0 radical (unpaired) electrons. The molecule has 3 aliphatic rings. The van der Waals surface area contributed by atoms with Gasteiger partial charge in [-0.05, 0) is 85.4 Å². The highest BCUT2D eigenvalue weighted by Crippen LogP contribution is 2.43. The van der Waals surface area contributed by atoms with Gasteiger partial charge in [0.05, 0.1) is 12.2 Å². The van der Waals surface area contributed by atoms with E-state index < -0.39 is 5.60 Å². The molecule has 0 saturated heterocycles. The number of hydrogen-bond acceptors (Lipinski definition) is 8. The second kappa shape index (κ2) is 10.1. The molecular formula is C31H35N7O2S. The average Bonchev–Trinajstić information content (AvgIpc) is 3.34. The molecule has 9 nitrogen and oxygen atoms in total. The van der Waals surface area contributed by atoms with Crippen molar-refractivity contribution >= 4 is 34.4 Å². The molecule has 0 bridgehead atoms. The summed E-state index contributed by atoms with van der Waals surface area (Å²) in [5, 5.41) is 15.6. The van der Waals surface area contributed by atoms with Crippen molar-refractivity contribution in [1.29, 1.82) is 0 Å². The predicted octanol–water partition coefficient (Wildman–Crippen LogP) is 4.62. The first-order chi connectivity index (χ1) is 19.9. The van der Waals surface area contributed by atoms with Crippen LogP contribution in [0.25, 0.3) is 16.9 Å². The third-order valence-electron chi connectivity index (χ3n) is 8.75. The van der Waals surface area contributed by atoms with E-state index in [1.807, 2.05) is 19.1 Å². The molecule has 4 aromatic rings. The van der Waals surface area contributed by atoms with E-state index in [1.165, 1.54) is 28.9 Å². The summed E-state index contributed by atoms with van der Waals surface area (Å²) in [4.78, 5) is 30.2. The van der Waals surface area contributed by atoms with E-state index in [-0.39, 0.29) is 12.1 Å². The number of thioether (sulfide) groups is 1. The third-order valence-corrected chi connectivity index (χ3v) is 10.1. The summed E-state index contributed by atoms with van der Waals surface area (Å²) < 4.78 is 3.31. The van der Waals surface area contributed by atoms with Crippen LogP contribution < -0.4 is 10.9 Å². The lowest BCUT2D eigenvalue weighted by Gasteiger charge is -2.33. The van der Waals surface area contributed by atoms with E-state index >= 15 is 0 Å². The van der Waals surface area contributed by atoms with E-state index in [4.69, 9.17) is 9.97 Å². The Hall–Kier alpha value is -3.47. The lowest BCUT2D eigenvalue weighted by Crippen LogP contribution is -2.29. The summed E-state index contributed by atoms with van der Waals surface area (Å²) in [6.07, 6.45) is 7.53. The number of likely N-dealkylation sites (N-methyl/N-ethyl adjacent to an activating group) is 1. The monoisotopic (exact) mass is 569 g/mol. The molecule has 10 heteroatoms. The van der Waals surface area contributed by atoms with Gasteiger partial charge in [-0.25, -0.2) is 19.3 Å². The number of nitrogens with zero attached hydrogens (tertiary/aromatic N) is 6. The average molecular weight is 570 g/mol. The molecule has 7 rings (SSSR count). The minimum Gasteiger partial charge on any atom is -0.384 e. The lowest BCUT2D eigenvalue weighted by atomic mass is 9.91. The largest absolute Gasteiger partial charge is 0.384 e. The van der Waals surface area contributed by atoms with Crippen LogP contribution >= 0.6 is 11.8 Å². The van der Waals surface area contributed by atoms with Gasteiger partial charge in [0.15, 0.2) is 11.5 Å². The zero-order valence-electron chi connectivity index (χ0n) is 23.6. The third kappa shape index (κ3) is 4.40. The summed E-state index contributed by atoms with van der Waals surface area (Å²) in [5.74, 6) is 2.14. The molecule has 0 fully saturated rings. The van der Waals surface area contributed by atoms with Crippen molar-refractivity contribution in [2.45, 2.75) is 63.0 Å². The van der Waals surface area contributed by atoms with Crippen molar-refractivity contribution in [3.63, 3.8) is 0 Å². The van der Waals surface area contributed by atoms with Crippen molar-refractivity contribution in [3.05, 3.63) is 81.4 Å². The fourth-order valence-corrected chi connectivity index (χ4v) is 8.12. The minimum absolute atomic E-state index is 0.208.